The quantitative estimate of drug-likeness (QED) is 0.655. The third-order valence-electron chi connectivity index (χ3n) is 4.33. The molecule has 2 aromatic heterocycles. The van der Waals surface area contributed by atoms with Crippen molar-refractivity contribution in [3.05, 3.63) is 59.5 Å². The van der Waals surface area contributed by atoms with Gasteiger partial charge in [-0.2, -0.15) is 5.10 Å². The third-order valence-corrected chi connectivity index (χ3v) is 4.33. The Morgan fingerprint density at radius 3 is 2.74 bits per heavy atom. The van der Waals surface area contributed by atoms with E-state index in [4.69, 9.17) is 4.74 Å². The summed E-state index contributed by atoms with van der Waals surface area (Å²) in [6.07, 6.45) is 1.68. The van der Waals surface area contributed by atoms with Gasteiger partial charge in [0.05, 0.1) is 17.9 Å². The first-order valence-electron chi connectivity index (χ1n) is 8.73. The molecule has 3 aromatic rings. The number of carbonyl (C=O) groups is 2. The molecule has 140 valence electrons. The molecule has 0 aliphatic heterocycles. The first-order valence-corrected chi connectivity index (χ1v) is 8.73. The molecular weight excluding hydrogens is 344 g/mol. The number of hydrogen-bond donors (Lipinski definition) is 2. The minimum Gasteiger partial charge on any atom is -0.462 e. The summed E-state index contributed by atoms with van der Waals surface area (Å²) in [6.45, 7) is 5.87. The van der Waals surface area contributed by atoms with E-state index in [-0.39, 0.29) is 18.4 Å². The maximum Gasteiger partial charge on any atom is 0.339 e. The second-order valence-corrected chi connectivity index (χ2v) is 6.19. The number of nitrogens with zero attached hydrogens (tertiary/aromatic N) is 2. The fraction of sp³-hybridized carbons (Fsp3) is 0.250. The Labute approximate surface area is 157 Å². The lowest BCUT2D eigenvalue weighted by atomic mass is 10.1. The van der Waals surface area contributed by atoms with Crippen LogP contribution in [-0.2, 0) is 16.1 Å². The van der Waals surface area contributed by atoms with Gasteiger partial charge >= 0.3 is 5.97 Å². The molecule has 0 saturated heterocycles. The van der Waals surface area contributed by atoms with E-state index in [1.165, 1.54) is 0 Å². The van der Waals surface area contributed by atoms with Gasteiger partial charge in [-0.05, 0) is 45.0 Å². The summed E-state index contributed by atoms with van der Waals surface area (Å²) < 4.78 is 6.87. The van der Waals surface area contributed by atoms with E-state index >= 15 is 0 Å². The summed E-state index contributed by atoms with van der Waals surface area (Å²) in [6, 6.07) is 11.1. The second kappa shape index (κ2) is 7.90. The minimum atomic E-state index is -0.371. The smallest absolute Gasteiger partial charge is 0.339 e. The molecule has 2 N–H and O–H groups in total. The zero-order valence-corrected chi connectivity index (χ0v) is 15.6. The van der Waals surface area contributed by atoms with Crippen LogP contribution in [0.5, 0.6) is 0 Å². The first-order chi connectivity index (χ1) is 13.0. The third kappa shape index (κ3) is 4.08. The summed E-state index contributed by atoms with van der Waals surface area (Å²) in [5.74, 6) is -0.543. The maximum atomic E-state index is 12.5. The number of carbonyl (C=O) groups excluding carboxylic acids is 2. The number of rotatable bonds is 6. The number of H-pyrrole nitrogens is 1. The Morgan fingerprint density at radius 2 is 2.04 bits per heavy atom. The number of aryl methyl sites for hydroxylation is 1. The predicted octanol–water partition coefficient (Wildman–Crippen LogP) is 3.31. The Bertz CT molecular complexity index is 958. The number of hydrogen-bond acceptors (Lipinski definition) is 4. The van der Waals surface area contributed by atoms with Crippen LogP contribution in [0.4, 0.5) is 5.69 Å². The molecule has 27 heavy (non-hydrogen) atoms. The minimum absolute atomic E-state index is 0.116. The number of benzene rings is 1. The lowest BCUT2D eigenvalue weighted by molar-refractivity contribution is -0.116. The molecule has 7 nitrogen and oxygen atoms in total. The molecule has 7 heteroatoms. The van der Waals surface area contributed by atoms with Gasteiger partial charge in [-0.25, -0.2) is 4.79 Å². The Morgan fingerprint density at radius 1 is 1.22 bits per heavy atom. The van der Waals surface area contributed by atoms with Crippen molar-refractivity contribution < 1.29 is 14.3 Å². The van der Waals surface area contributed by atoms with Crippen LogP contribution in [0.15, 0.2) is 42.6 Å². The Balaban J connectivity index is 1.73. The number of nitrogens with one attached hydrogen (secondary N) is 2. The summed E-state index contributed by atoms with van der Waals surface area (Å²) in [4.78, 5) is 24.5. The SMILES string of the molecule is CCOC(=O)c1cc(C)n(CC(=O)Nc2cccc(-c3ccn[nH]3)c2)c1C. The molecule has 0 aliphatic rings. The maximum absolute atomic E-state index is 12.5. The van der Waals surface area contributed by atoms with Gasteiger partial charge in [-0.1, -0.05) is 12.1 Å². The van der Waals surface area contributed by atoms with E-state index in [9.17, 15) is 9.59 Å². The van der Waals surface area contributed by atoms with Crippen molar-refractivity contribution in [1.82, 2.24) is 14.8 Å². The molecular formula is C20H22N4O3. The topological polar surface area (TPSA) is 89.0 Å². The van der Waals surface area contributed by atoms with Crippen molar-refractivity contribution >= 4 is 17.6 Å². The van der Waals surface area contributed by atoms with Crippen molar-refractivity contribution in [3.63, 3.8) is 0 Å². The molecule has 0 aliphatic carbocycles. The van der Waals surface area contributed by atoms with Crippen molar-refractivity contribution in [2.45, 2.75) is 27.3 Å². The molecule has 0 atom stereocenters. The predicted molar refractivity (Wildman–Crippen MR) is 103 cm³/mol. The van der Waals surface area contributed by atoms with Crippen molar-refractivity contribution in [2.75, 3.05) is 11.9 Å². The molecule has 0 spiro atoms. The summed E-state index contributed by atoms with van der Waals surface area (Å²) in [7, 11) is 0. The number of amides is 1. The lowest BCUT2D eigenvalue weighted by Gasteiger charge is -2.11. The molecule has 0 unspecified atom stereocenters. The van der Waals surface area contributed by atoms with Crippen LogP contribution in [0.3, 0.4) is 0 Å². The van der Waals surface area contributed by atoms with Crippen LogP contribution in [0.25, 0.3) is 11.3 Å². The number of esters is 1. The normalized spacial score (nSPS) is 10.6. The Kier molecular flexibility index (Phi) is 5.40. The fourth-order valence-corrected chi connectivity index (χ4v) is 2.99. The molecule has 0 radical (unpaired) electrons. The molecule has 0 saturated carbocycles. The van der Waals surface area contributed by atoms with E-state index < -0.39 is 0 Å². The summed E-state index contributed by atoms with van der Waals surface area (Å²) in [5, 5.41) is 9.74. The van der Waals surface area contributed by atoms with Crippen LogP contribution in [0.2, 0.25) is 0 Å². The van der Waals surface area contributed by atoms with Gasteiger partial charge in [0.2, 0.25) is 5.91 Å². The molecule has 0 bridgehead atoms. The van der Waals surface area contributed by atoms with Crippen LogP contribution in [0.1, 0.15) is 28.7 Å². The standard InChI is InChI=1S/C20H22N4O3/c1-4-27-20(26)17-10-13(2)24(14(17)3)12-19(25)22-16-7-5-6-15(11-16)18-8-9-21-23-18/h5-11H,4,12H2,1-3H3,(H,21,23)(H,22,25). The van der Waals surface area contributed by atoms with Gasteiger partial charge in [0.1, 0.15) is 6.54 Å². The van der Waals surface area contributed by atoms with Crippen LogP contribution in [-0.4, -0.2) is 33.2 Å². The van der Waals surface area contributed by atoms with E-state index in [2.05, 4.69) is 15.5 Å². The van der Waals surface area contributed by atoms with Gasteiger partial charge in [0, 0.05) is 28.8 Å². The zero-order valence-electron chi connectivity index (χ0n) is 15.6. The largest absolute Gasteiger partial charge is 0.462 e. The van der Waals surface area contributed by atoms with E-state index in [0.29, 0.717) is 23.6 Å². The lowest BCUT2D eigenvalue weighted by Crippen LogP contribution is -2.20. The summed E-state index contributed by atoms with van der Waals surface area (Å²) in [5.41, 5.74) is 4.54. The number of anilines is 1. The first kappa shape index (κ1) is 18.4. The summed E-state index contributed by atoms with van der Waals surface area (Å²) >= 11 is 0. The zero-order chi connectivity index (χ0) is 19.4. The highest BCUT2D eigenvalue weighted by molar-refractivity contribution is 5.93. The molecule has 1 amide bonds. The van der Waals surface area contributed by atoms with E-state index in [1.54, 1.807) is 23.8 Å². The monoisotopic (exact) mass is 366 g/mol. The molecule has 0 fully saturated rings. The highest BCUT2D eigenvalue weighted by atomic mass is 16.5. The molecule has 3 rings (SSSR count). The van der Waals surface area contributed by atoms with E-state index in [0.717, 1.165) is 17.0 Å². The van der Waals surface area contributed by atoms with Crippen molar-refractivity contribution in [3.8, 4) is 11.3 Å². The van der Waals surface area contributed by atoms with Crippen molar-refractivity contribution in [1.29, 1.82) is 0 Å². The van der Waals surface area contributed by atoms with Crippen LogP contribution < -0.4 is 5.32 Å². The van der Waals surface area contributed by atoms with Gasteiger partial charge in [0.15, 0.2) is 0 Å². The van der Waals surface area contributed by atoms with E-state index in [1.807, 2.05) is 44.2 Å². The average molecular weight is 366 g/mol. The molecule has 2 heterocycles. The number of aromatic amines is 1. The van der Waals surface area contributed by atoms with Gasteiger partial charge in [-0.3, -0.25) is 9.89 Å². The molecule has 1 aromatic carbocycles. The van der Waals surface area contributed by atoms with Gasteiger partial charge in [-0.15, -0.1) is 0 Å². The fourth-order valence-electron chi connectivity index (χ4n) is 2.99. The average Bonchev–Trinajstić information content (AvgIpc) is 3.26. The van der Waals surface area contributed by atoms with Crippen LogP contribution >= 0.6 is 0 Å². The Hall–Kier alpha value is -3.35. The van der Waals surface area contributed by atoms with Gasteiger partial charge < -0.3 is 14.6 Å². The second-order valence-electron chi connectivity index (χ2n) is 6.19. The van der Waals surface area contributed by atoms with Crippen LogP contribution in [0, 0.1) is 13.8 Å². The highest BCUT2D eigenvalue weighted by Crippen LogP contribution is 2.21. The van der Waals surface area contributed by atoms with Gasteiger partial charge in [0.25, 0.3) is 0 Å². The number of ether oxygens (including phenoxy) is 1. The van der Waals surface area contributed by atoms with Crippen molar-refractivity contribution in [2.24, 2.45) is 0 Å². The highest BCUT2D eigenvalue weighted by Gasteiger charge is 2.18. The number of aromatic nitrogens is 3.